The maximum atomic E-state index is 12.1. The van der Waals surface area contributed by atoms with Crippen LogP contribution in [-0.4, -0.2) is 27.8 Å². The van der Waals surface area contributed by atoms with Crippen molar-refractivity contribution in [2.75, 3.05) is 12.8 Å². The highest BCUT2D eigenvalue weighted by Gasteiger charge is 2.13. The van der Waals surface area contributed by atoms with Crippen molar-refractivity contribution < 1.29 is 4.79 Å². The monoisotopic (exact) mass is 242 g/mol. The van der Waals surface area contributed by atoms with Crippen molar-refractivity contribution in [2.45, 2.75) is 6.54 Å². The summed E-state index contributed by atoms with van der Waals surface area (Å²) >= 11 is 0. The van der Waals surface area contributed by atoms with E-state index in [9.17, 15) is 4.79 Å². The molecule has 1 heterocycles. The molecule has 0 aliphatic heterocycles. The lowest BCUT2D eigenvalue weighted by Gasteiger charge is -2.16. The maximum Gasteiger partial charge on any atom is 0.274 e. The van der Waals surface area contributed by atoms with Crippen LogP contribution in [0.25, 0.3) is 0 Å². The SMILES string of the molecule is CN(Cc1ccccc1)C(=O)c1cncc(N)n1. The van der Waals surface area contributed by atoms with E-state index in [0.29, 0.717) is 6.54 Å². The van der Waals surface area contributed by atoms with Gasteiger partial charge in [0.2, 0.25) is 0 Å². The van der Waals surface area contributed by atoms with Crippen LogP contribution in [-0.2, 0) is 6.54 Å². The average Bonchev–Trinajstić information content (AvgIpc) is 2.39. The molecule has 0 aliphatic rings. The van der Waals surface area contributed by atoms with Crippen LogP contribution >= 0.6 is 0 Å². The molecule has 0 saturated carbocycles. The quantitative estimate of drug-likeness (QED) is 0.881. The van der Waals surface area contributed by atoms with E-state index in [-0.39, 0.29) is 17.4 Å². The van der Waals surface area contributed by atoms with E-state index < -0.39 is 0 Å². The zero-order valence-corrected chi connectivity index (χ0v) is 10.1. The number of nitrogen functional groups attached to an aromatic ring is 1. The number of amides is 1. The Bertz CT molecular complexity index is 542. The van der Waals surface area contributed by atoms with Crippen LogP contribution in [0.1, 0.15) is 16.1 Å². The number of hydrogen-bond acceptors (Lipinski definition) is 4. The Kier molecular flexibility index (Phi) is 3.52. The van der Waals surface area contributed by atoms with Gasteiger partial charge in [0.1, 0.15) is 11.5 Å². The minimum absolute atomic E-state index is 0.196. The lowest BCUT2D eigenvalue weighted by atomic mass is 10.2. The Hall–Kier alpha value is -2.43. The van der Waals surface area contributed by atoms with E-state index in [0.717, 1.165) is 5.56 Å². The van der Waals surface area contributed by atoms with Gasteiger partial charge in [0.05, 0.1) is 12.4 Å². The fraction of sp³-hybridized carbons (Fsp3) is 0.154. The third-order valence-electron chi connectivity index (χ3n) is 2.48. The van der Waals surface area contributed by atoms with Gasteiger partial charge in [0.15, 0.2) is 0 Å². The second-order valence-corrected chi connectivity index (χ2v) is 3.98. The molecule has 1 amide bonds. The molecule has 18 heavy (non-hydrogen) atoms. The van der Waals surface area contributed by atoms with E-state index in [1.165, 1.54) is 12.4 Å². The number of carbonyl (C=O) groups is 1. The molecule has 0 saturated heterocycles. The van der Waals surface area contributed by atoms with E-state index in [4.69, 9.17) is 5.73 Å². The van der Waals surface area contributed by atoms with Crippen molar-refractivity contribution in [3.05, 3.63) is 54.0 Å². The highest BCUT2D eigenvalue weighted by Crippen LogP contribution is 2.06. The molecule has 0 fully saturated rings. The van der Waals surface area contributed by atoms with Crippen LogP contribution in [0.4, 0.5) is 5.82 Å². The summed E-state index contributed by atoms with van der Waals surface area (Å²) in [6.07, 6.45) is 2.83. The van der Waals surface area contributed by atoms with Crippen molar-refractivity contribution in [3.63, 3.8) is 0 Å². The second kappa shape index (κ2) is 5.27. The van der Waals surface area contributed by atoms with Crippen molar-refractivity contribution in [1.82, 2.24) is 14.9 Å². The molecule has 0 atom stereocenters. The number of benzene rings is 1. The van der Waals surface area contributed by atoms with Crippen LogP contribution in [0.15, 0.2) is 42.7 Å². The van der Waals surface area contributed by atoms with Gasteiger partial charge in [-0.1, -0.05) is 30.3 Å². The summed E-state index contributed by atoms with van der Waals surface area (Å²) in [6, 6.07) is 9.75. The molecule has 0 radical (unpaired) electrons. The summed E-state index contributed by atoms with van der Waals surface area (Å²) < 4.78 is 0. The summed E-state index contributed by atoms with van der Waals surface area (Å²) in [6.45, 7) is 0.524. The van der Waals surface area contributed by atoms with Gasteiger partial charge in [-0.2, -0.15) is 0 Å². The van der Waals surface area contributed by atoms with Crippen LogP contribution in [0.2, 0.25) is 0 Å². The van der Waals surface area contributed by atoms with Crippen LogP contribution < -0.4 is 5.73 Å². The van der Waals surface area contributed by atoms with Gasteiger partial charge < -0.3 is 10.6 Å². The Balaban J connectivity index is 2.10. The van der Waals surface area contributed by atoms with Crippen molar-refractivity contribution in [3.8, 4) is 0 Å². The predicted octanol–water partition coefficient (Wildman–Crippen LogP) is 1.33. The van der Waals surface area contributed by atoms with Gasteiger partial charge in [-0.15, -0.1) is 0 Å². The topological polar surface area (TPSA) is 72.1 Å². The first-order valence-corrected chi connectivity index (χ1v) is 5.54. The Morgan fingerprint density at radius 1 is 1.28 bits per heavy atom. The second-order valence-electron chi connectivity index (χ2n) is 3.98. The van der Waals surface area contributed by atoms with Gasteiger partial charge in [0, 0.05) is 13.6 Å². The molecule has 0 bridgehead atoms. The highest BCUT2D eigenvalue weighted by atomic mass is 16.2. The van der Waals surface area contributed by atoms with Crippen LogP contribution in [0.3, 0.4) is 0 Å². The molecular formula is C13H14N4O. The average molecular weight is 242 g/mol. The Morgan fingerprint density at radius 2 is 2.00 bits per heavy atom. The number of nitrogens with two attached hydrogens (primary N) is 1. The number of carbonyl (C=O) groups excluding carboxylic acids is 1. The third-order valence-corrected chi connectivity index (χ3v) is 2.48. The highest BCUT2D eigenvalue weighted by molar-refractivity contribution is 5.92. The van der Waals surface area contributed by atoms with Gasteiger partial charge in [-0.05, 0) is 5.56 Å². The minimum Gasteiger partial charge on any atom is -0.382 e. The number of hydrogen-bond donors (Lipinski definition) is 1. The van der Waals surface area contributed by atoms with E-state index >= 15 is 0 Å². The zero-order valence-electron chi connectivity index (χ0n) is 10.1. The molecule has 0 spiro atoms. The molecule has 0 unspecified atom stereocenters. The molecule has 0 aliphatic carbocycles. The number of rotatable bonds is 3. The fourth-order valence-corrected chi connectivity index (χ4v) is 1.61. The minimum atomic E-state index is -0.196. The smallest absolute Gasteiger partial charge is 0.274 e. The molecule has 92 valence electrons. The van der Waals surface area contributed by atoms with Gasteiger partial charge in [-0.3, -0.25) is 9.78 Å². The van der Waals surface area contributed by atoms with E-state index in [1.54, 1.807) is 11.9 Å². The number of aromatic nitrogens is 2. The molecule has 5 heteroatoms. The molecule has 1 aromatic heterocycles. The summed E-state index contributed by atoms with van der Waals surface area (Å²) in [5.74, 6) is 0.0487. The molecule has 2 aromatic rings. The Labute approximate surface area is 105 Å². The van der Waals surface area contributed by atoms with Crippen molar-refractivity contribution >= 4 is 11.7 Å². The summed E-state index contributed by atoms with van der Waals surface area (Å²) in [4.78, 5) is 21.5. The first-order valence-electron chi connectivity index (χ1n) is 5.54. The number of anilines is 1. The maximum absolute atomic E-state index is 12.1. The first-order chi connectivity index (χ1) is 8.66. The van der Waals surface area contributed by atoms with Gasteiger partial charge in [0.25, 0.3) is 5.91 Å². The molecular weight excluding hydrogens is 228 g/mol. The van der Waals surface area contributed by atoms with Crippen LogP contribution in [0.5, 0.6) is 0 Å². The summed E-state index contributed by atoms with van der Waals surface area (Å²) in [5.41, 5.74) is 6.82. The van der Waals surface area contributed by atoms with Gasteiger partial charge >= 0.3 is 0 Å². The first kappa shape index (κ1) is 12.0. The van der Waals surface area contributed by atoms with Crippen molar-refractivity contribution in [1.29, 1.82) is 0 Å². The van der Waals surface area contributed by atoms with Gasteiger partial charge in [-0.25, -0.2) is 4.98 Å². The molecule has 2 N–H and O–H groups in total. The fourth-order valence-electron chi connectivity index (χ4n) is 1.61. The zero-order chi connectivity index (χ0) is 13.0. The molecule has 5 nitrogen and oxygen atoms in total. The van der Waals surface area contributed by atoms with E-state index in [2.05, 4.69) is 9.97 Å². The lowest BCUT2D eigenvalue weighted by Crippen LogP contribution is -2.27. The standard InChI is InChI=1S/C13H14N4O/c1-17(9-10-5-3-2-4-6-10)13(18)11-7-15-8-12(14)16-11/h2-8H,9H2,1H3,(H2,14,16). The largest absolute Gasteiger partial charge is 0.382 e. The predicted molar refractivity (Wildman–Crippen MR) is 68.7 cm³/mol. The Morgan fingerprint density at radius 3 is 2.67 bits per heavy atom. The third kappa shape index (κ3) is 2.82. The molecule has 1 aromatic carbocycles. The van der Waals surface area contributed by atoms with E-state index in [1.807, 2.05) is 30.3 Å². The van der Waals surface area contributed by atoms with Crippen LogP contribution in [0, 0.1) is 0 Å². The van der Waals surface area contributed by atoms with Crippen molar-refractivity contribution in [2.24, 2.45) is 0 Å². The summed E-state index contributed by atoms with van der Waals surface area (Å²) in [5, 5.41) is 0. The lowest BCUT2D eigenvalue weighted by molar-refractivity contribution is 0.0779. The number of nitrogens with zero attached hydrogens (tertiary/aromatic N) is 3. The summed E-state index contributed by atoms with van der Waals surface area (Å²) in [7, 11) is 1.72. The molecule has 2 rings (SSSR count). The normalized spacial score (nSPS) is 10.1.